The Hall–Kier alpha value is 0.130. The summed E-state index contributed by atoms with van der Waals surface area (Å²) < 4.78 is 0. The summed E-state index contributed by atoms with van der Waals surface area (Å²) in [5.74, 6) is 0.947. The number of piperazine rings is 1. The van der Waals surface area contributed by atoms with Gasteiger partial charge in [0.05, 0.1) is 0 Å². The second-order valence-corrected chi connectivity index (χ2v) is 8.38. The van der Waals surface area contributed by atoms with Gasteiger partial charge in [0, 0.05) is 39.3 Å². The lowest BCUT2D eigenvalue weighted by molar-refractivity contribution is 0.0474. The van der Waals surface area contributed by atoms with Crippen LogP contribution < -0.4 is 5.32 Å². The van der Waals surface area contributed by atoms with Crippen LogP contribution in [-0.2, 0) is 0 Å². The van der Waals surface area contributed by atoms with Crippen LogP contribution in [0.15, 0.2) is 0 Å². The standard InChI is InChI=1S/C18H36N4.ClH/c1-18(16-22-13-11-20(2)12-14-22)5-9-21(10-6-18)15-17-3-7-19-8-4-17;/h17,19H,3-16H2,1-2H3;1H. The lowest BCUT2D eigenvalue weighted by atomic mass is 9.79. The Balaban J connectivity index is 0.00000192. The quantitative estimate of drug-likeness (QED) is 0.838. The maximum Gasteiger partial charge on any atom is 0.0110 e. The molecule has 0 radical (unpaired) electrons. The van der Waals surface area contributed by atoms with Gasteiger partial charge in [0.1, 0.15) is 0 Å². The summed E-state index contributed by atoms with van der Waals surface area (Å²) in [4.78, 5) is 7.92. The lowest BCUT2D eigenvalue weighted by Gasteiger charge is -2.44. The van der Waals surface area contributed by atoms with Gasteiger partial charge in [-0.15, -0.1) is 12.4 Å². The van der Waals surface area contributed by atoms with Crippen molar-refractivity contribution >= 4 is 12.4 Å². The predicted molar refractivity (Wildman–Crippen MR) is 101 cm³/mol. The summed E-state index contributed by atoms with van der Waals surface area (Å²) in [7, 11) is 2.25. The van der Waals surface area contributed by atoms with E-state index < -0.39 is 0 Å². The Bertz CT molecular complexity index is 330. The van der Waals surface area contributed by atoms with Gasteiger partial charge in [-0.1, -0.05) is 6.92 Å². The molecule has 0 bridgehead atoms. The summed E-state index contributed by atoms with van der Waals surface area (Å²) in [6.07, 6.45) is 5.55. The van der Waals surface area contributed by atoms with Gasteiger partial charge >= 0.3 is 0 Å². The SMILES string of the molecule is CN1CCN(CC2(C)CCN(CC3CCNCC3)CC2)CC1.Cl. The molecule has 0 spiro atoms. The van der Waals surface area contributed by atoms with Crippen molar-refractivity contribution in [3.63, 3.8) is 0 Å². The second kappa shape index (κ2) is 9.00. The van der Waals surface area contributed by atoms with Gasteiger partial charge in [0.2, 0.25) is 0 Å². The van der Waals surface area contributed by atoms with E-state index in [0.29, 0.717) is 5.41 Å². The van der Waals surface area contributed by atoms with E-state index in [2.05, 4.69) is 34.0 Å². The average molecular weight is 345 g/mol. The van der Waals surface area contributed by atoms with Crippen LogP contribution in [0.4, 0.5) is 0 Å². The minimum atomic E-state index is 0. The first-order valence-electron chi connectivity index (χ1n) is 9.47. The van der Waals surface area contributed by atoms with Crippen LogP contribution in [0.3, 0.4) is 0 Å². The number of likely N-dealkylation sites (N-methyl/N-ethyl adjacent to an activating group) is 1. The average Bonchev–Trinajstić information content (AvgIpc) is 2.53. The van der Waals surface area contributed by atoms with Crippen LogP contribution in [0, 0.1) is 11.3 Å². The molecule has 3 rings (SSSR count). The molecule has 3 aliphatic rings. The number of nitrogens with zero attached hydrogens (tertiary/aromatic N) is 3. The summed E-state index contributed by atoms with van der Waals surface area (Å²) >= 11 is 0. The van der Waals surface area contributed by atoms with E-state index in [-0.39, 0.29) is 12.4 Å². The zero-order valence-corrected chi connectivity index (χ0v) is 16.0. The Morgan fingerprint density at radius 3 is 2.13 bits per heavy atom. The highest BCUT2D eigenvalue weighted by Gasteiger charge is 2.33. The van der Waals surface area contributed by atoms with Crippen molar-refractivity contribution < 1.29 is 0 Å². The van der Waals surface area contributed by atoms with Crippen LogP contribution in [0.2, 0.25) is 0 Å². The molecular formula is C18H37ClN4. The topological polar surface area (TPSA) is 21.8 Å². The molecule has 4 nitrogen and oxygen atoms in total. The summed E-state index contributed by atoms with van der Waals surface area (Å²) in [5.41, 5.74) is 0.556. The van der Waals surface area contributed by atoms with E-state index in [1.165, 1.54) is 91.1 Å². The van der Waals surface area contributed by atoms with Crippen LogP contribution in [0.1, 0.15) is 32.6 Å². The van der Waals surface area contributed by atoms with Gasteiger partial charge in [-0.3, -0.25) is 0 Å². The molecule has 0 unspecified atom stereocenters. The number of hydrogen-bond donors (Lipinski definition) is 1. The zero-order valence-electron chi connectivity index (χ0n) is 15.2. The van der Waals surface area contributed by atoms with Crippen LogP contribution in [0.25, 0.3) is 0 Å². The molecule has 0 aromatic heterocycles. The fourth-order valence-electron chi connectivity index (χ4n) is 4.41. The number of piperidine rings is 2. The largest absolute Gasteiger partial charge is 0.317 e. The molecule has 0 aromatic carbocycles. The van der Waals surface area contributed by atoms with Crippen LogP contribution >= 0.6 is 12.4 Å². The predicted octanol–water partition coefficient (Wildman–Crippen LogP) is 1.76. The molecule has 3 heterocycles. The molecule has 0 saturated carbocycles. The van der Waals surface area contributed by atoms with Crippen molar-refractivity contribution in [1.29, 1.82) is 0 Å². The van der Waals surface area contributed by atoms with Crippen LogP contribution in [0.5, 0.6) is 0 Å². The molecular weight excluding hydrogens is 308 g/mol. The number of nitrogens with one attached hydrogen (secondary N) is 1. The maximum atomic E-state index is 3.49. The van der Waals surface area contributed by atoms with E-state index in [1.54, 1.807) is 0 Å². The molecule has 0 aliphatic carbocycles. The number of hydrogen-bond acceptors (Lipinski definition) is 4. The first-order valence-corrected chi connectivity index (χ1v) is 9.47. The monoisotopic (exact) mass is 344 g/mol. The minimum absolute atomic E-state index is 0. The highest BCUT2D eigenvalue weighted by molar-refractivity contribution is 5.85. The normalized spacial score (nSPS) is 28.4. The second-order valence-electron chi connectivity index (χ2n) is 8.38. The van der Waals surface area contributed by atoms with Crippen molar-refractivity contribution in [2.24, 2.45) is 11.3 Å². The maximum absolute atomic E-state index is 3.49. The van der Waals surface area contributed by atoms with Crippen molar-refractivity contribution in [1.82, 2.24) is 20.0 Å². The molecule has 5 heteroatoms. The Kier molecular flexibility index (Phi) is 7.61. The van der Waals surface area contributed by atoms with Crippen molar-refractivity contribution in [3.05, 3.63) is 0 Å². The highest BCUT2D eigenvalue weighted by atomic mass is 35.5. The minimum Gasteiger partial charge on any atom is -0.317 e. The van der Waals surface area contributed by atoms with Crippen LogP contribution in [-0.4, -0.2) is 87.2 Å². The van der Waals surface area contributed by atoms with E-state index in [0.717, 1.165) is 5.92 Å². The summed E-state index contributed by atoms with van der Waals surface area (Å²) in [5, 5.41) is 3.49. The fourth-order valence-corrected chi connectivity index (χ4v) is 4.41. The van der Waals surface area contributed by atoms with Gasteiger partial charge < -0.3 is 20.0 Å². The first-order chi connectivity index (χ1) is 10.6. The molecule has 1 N–H and O–H groups in total. The Morgan fingerprint density at radius 2 is 1.52 bits per heavy atom. The molecule has 0 aromatic rings. The molecule has 23 heavy (non-hydrogen) atoms. The molecule has 3 saturated heterocycles. The smallest absolute Gasteiger partial charge is 0.0110 e. The Labute approximate surface area is 149 Å². The third-order valence-electron chi connectivity index (χ3n) is 6.24. The summed E-state index contributed by atoms with van der Waals surface area (Å²) in [6, 6.07) is 0. The molecule has 0 amide bonds. The molecule has 3 fully saturated rings. The van der Waals surface area contributed by atoms with Gasteiger partial charge in [-0.25, -0.2) is 0 Å². The van der Waals surface area contributed by atoms with Crippen molar-refractivity contribution in [3.8, 4) is 0 Å². The van der Waals surface area contributed by atoms with Crippen molar-refractivity contribution in [2.45, 2.75) is 32.6 Å². The fraction of sp³-hybridized carbons (Fsp3) is 1.00. The van der Waals surface area contributed by atoms with Gasteiger partial charge in [-0.2, -0.15) is 0 Å². The van der Waals surface area contributed by atoms with E-state index in [9.17, 15) is 0 Å². The molecule has 0 atom stereocenters. The third kappa shape index (κ3) is 5.86. The molecule has 3 aliphatic heterocycles. The zero-order chi connectivity index (χ0) is 15.4. The van der Waals surface area contributed by atoms with E-state index >= 15 is 0 Å². The number of halogens is 1. The first kappa shape index (κ1) is 19.5. The summed E-state index contributed by atoms with van der Waals surface area (Å²) in [6.45, 7) is 15.4. The van der Waals surface area contributed by atoms with Gasteiger partial charge in [0.25, 0.3) is 0 Å². The third-order valence-corrected chi connectivity index (χ3v) is 6.24. The van der Waals surface area contributed by atoms with Gasteiger partial charge in [0.15, 0.2) is 0 Å². The number of rotatable bonds is 4. The number of likely N-dealkylation sites (tertiary alicyclic amines) is 1. The highest BCUT2D eigenvalue weighted by Crippen LogP contribution is 2.32. The van der Waals surface area contributed by atoms with E-state index in [1.807, 2.05) is 0 Å². The van der Waals surface area contributed by atoms with Crippen molar-refractivity contribution in [2.75, 3.05) is 72.5 Å². The Morgan fingerprint density at radius 1 is 0.913 bits per heavy atom. The van der Waals surface area contributed by atoms with E-state index in [4.69, 9.17) is 0 Å². The molecule has 136 valence electrons. The van der Waals surface area contributed by atoms with Gasteiger partial charge in [-0.05, 0) is 70.2 Å². The lowest BCUT2D eigenvalue weighted by Crippen LogP contribution is -2.51.